The van der Waals surface area contributed by atoms with Crippen molar-refractivity contribution in [1.29, 1.82) is 0 Å². The van der Waals surface area contributed by atoms with Crippen LogP contribution in [-0.2, 0) is 6.54 Å². The van der Waals surface area contributed by atoms with Crippen LogP contribution in [0.15, 0.2) is 48.5 Å². The lowest BCUT2D eigenvalue weighted by atomic mass is 9.80. The van der Waals surface area contributed by atoms with Crippen LogP contribution in [0.5, 0.6) is 0 Å². The zero-order valence-corrected chi connectivity index (χ0v) is 13.0. The quantitative estimate of drug-likeness (QED) is 0.832. The molecule has 2 aromatic rings. The molecule has 0 saturated heterocycles. The Labute approximate surface area is 130 Å². The van der Waals surface area contributed by atoms with Gasteiger partial charge in [0.1, 0.15) is 0 Å². The SMILES string of the molecule is CC(c1ccccc1Cl)N(C)Cc1ccc(B(O)O)cc1. The van der Waals surface area contributed by atoms with Gasteiger partial charge in [-0.05, 0) is 36.6 Å². The average Bonchev–Trinajstić information content (AvgIpc) is 2.47. The molecule has 0 spiro atoms. The highest BCUT2D eigenvalue weighted by molar-refractivity contribution is 6.58. The number of hydrogen-bond acceptors (Lipinski definition) is 3. The van der Waals surface area contributed by atoms with Crippen LogP contribution in [0.1, 0.15) is 24.1 Å². The van der Waals surface area contributed by atoms with E-state index in [2.05, 4.69) is 11.8 Å². The molecular formula is C16H19BClNO2. The number of hydrogen-bond donors (Lipinski definition) is 2. The monoisotopic (exact) mass is 303 g/mol. The van der Waals surface area contributed by atoms with Crippen LogP contribution in [0, 0.1) is 0 Å². The van der Waals surface area contributed by atoms with E-state index >= 15 is 0 Å². The predicted octanol–water partition coefficient (Wildman–Crippen LogP) is 2.21. The summed E-state index contributed by atoms with van der Waals surface area (Å²) in [6.07, 6.45) is 0. The molecule has 2 rings (SSSR count). The second kappa shape index (κ2) is 7.10. The van der Waals surface area contributed by atoms with Crippen LogP contribution in [0.25, 0.3) is 0 Å². The first-order valence-corrected chi connectivity index (χ1v) is 7.26. The van der Waals surface area contributed by atoms with Crippen molar-refractivity contribution in [3.63, 3.8) is 0 Å². The van der Waals surface area contributed by atoms with Gasteiger partial charge < -0.3 is 10.0 Å². The van der Waals surface area contributed by atoms with Gasteiger partial charge in [-0.25, -0.2) is 0 Å². The smallest absolute Gasteiger partial charge is 0.423 e. The predicted molar refractivity (Wildman–Crippen MR) is 87.6 cm³/mol. The van der Waals surface area contributed by atoms with Gasteiger partial charge in [-0.2, -0.15) is 0 Å². The van der Waals surface area contributed by atoms with Gasteiger partial charge in [0.25, 0.3) is 0 Å². The zero-order valence-electron chi connectivity index (χ0n) is 12.2. The maximum absolute atomic E-state index is 9.09. The van der Waals surface area contributed by atoms with Gasteiger partial charge in [0, 0.05) is 17.6 Å². The Hall–Kier alpha value is -1.33. The van der Waals surface area contributed by atoms with E-state index in [4.69, 9.17) is 21.6 Å². The summed E-state index contributed by atoms with van der Waals surface area (Å²) in [7, 11) is 0.627. The van der Waals surface area contributed by atoms with Crippen molar-refractivity contribution in [2.75, 3.05) is 7.05 Å². The van der Waals surface area contributed by atoms with Crippen molar-refractivity contribution in [2.45, 2.75) is 19.5 Å². The van der Waals surface area contributed by atoms with Gasteiger partial charge in [-0.15, -0.1) is 0 Å². The summed E-state index contributed by atoms with van der Waals surface area (Å²) in [5, 5.41) is 19.0. The average molecular weight is 304 g/mol. The highest BCUT2D eigenvalue weighted by atomic mass is 35.5. The van der Waals surface area contributed by atoms with Crippen molar-refractivity contribution in [3.05, 3.63) is 64.7 Å². The molecule has 2 aromatic carbocycles. The first-order chi connectivity index (χ1) is 9.99. The lowest BCUT2D eigenvalue weighted by molar-refractivity contribution is 0.253. The van der Waals surface area contributed by atoms with Crippen molar-refractivity contribution in [1.82, 2.24) is 4.90 Å². The van der Waals surface area contributed by atoms with Gasteiger partial charge in [-0.1, -0.05) is 54.1 Å². The molecule has 0 aliphatic rings. The van der Waals surface area contributed by atoms with Gasteiger partial charge in [0.2, 0.25) is 0 Å². The fourth-order valence-electron chi connectivity index (χ4n) is 2.27. The van der Waals surface area contributed by atoms with Crippen LogP contribution in [0.4, 0.5) is 0 Å². The third-order valence-corrected chi connectivity index (χ3v) is 4.07. The van der Waals surface area contributed by atoms with Gasteiger partial charge in [0.15, 0.2) is 0 Å². The van der Waals surface area contributed by atoms with Crippen LogP contribution < -0.4 is 5.46 Å². The molecule has 5 heteroatoms. The second-order valence-electron chi connectivity index (χ2n) is 5.23. The highest BCUT2D eigenvalue weighted by Crippen LogP contribution is 2.26. The Balaban J connectivity index is 2.07. The fraction of sp³-hybridized carbons (Fsp3) is 0.250. The molecule has 0 bridgehead atoms. The molecule has 1 unspecified atom stereocenters. The van der Waals surface area contributed by atoms with Gasteiger partial charge >= 0.3 is 7.12 Å². The summed E-state index contributed by atoms with van der Waals surface area (Å²) < 4.78 is 0. The fourth-order valence-corrected chi connectivity index (χ4v) is 2.57. The normalized spacial score (nSPS) is 12.5. The van der Waals surface area contributed by atoms with Crippen molar-refractivity contribution in [2.24, 2.45) is 0 Å². The van der Waals surface area contributed by atoms with E-state index in [1.165, 1.54) is 0 Å². The van der Waals surface area contributed by atoms with E-state index in [-0.39, 0.29) is 6.04 Å². The maximum Gasteiger partial charge on any atom is 0.488 e. The van der Waals surface area contributed by atoms with Crippen molar-refractivity contribution >= 4 is 24.2 Å². The molecule has 0 amide bonds. The number of benzene rings is 2. The molecule has 0 aliphatic carbocycles. The summed E-state index contributed by atoms with van der Waals surface area (Å²) in [6.45, 7) is 2.88. The van der Waals surface area contributed by atoms with E-state index in [1.54, 1.807) is 12.1 Å². The maximum atomic E-state index is 9.09. The molecular weight excluding hydrogens is 284 g/mol. The van der Waals surface area contributed by atoms with Crippen LogP contribution >= 0.6 is 11.6 Å². The molecule has 0 aliphatic heterocycles. The molecule has 1 atom stereocenters. The number of halogens is 1. The summed E-state index contributed by atoms with van der Waals surface area (Å²) in [5.74, 6) is 0. The third kappa shape index (κ3) is 4.08. The van der Waals surface area contributed by atoms with Crippen LogP contribution in [0.3, 0.4) is 0 Å². The summed E-state index contributed by atoms with van der Waals surface area (Å²) >= 11 is 6.24. The van der Waals surface area contributed by atoms with E-state index in [1.807, 2.05) is 43.4 Å². The van der Waals surface area contributed by atoms with Gasteiger partial charge in [0.05, 0.1) is 0 Å². The molecule has 0 aromatic heterocycles. The Morgan fingerprint density at radius 2 is 1.71 bits per heavy atom. The van der Waals surface area contributed by atoms with Crippen molar-refractivity contribution < 1.29 is 10.0 Å². The molecule has 2 N–H and O–H groups in total. The minimum atomic E-state index is -1.42. The Bertz CT molecular complexity index is 589. The first-order valence-electron chi connectivity index (χ1n) is 6.88. The number of nitrogens with zero attached hydrogens (tertiary/aromatic N) is 1. The summed E-state index contributed by atoms with van der Waals surface area (Å²) in [4.78, 5) is 2.20. The second-order valence-corrected chi connectivity index (χ2v) is 5.64. The zero-order chi connectivity index (χ0) is 15.4. The topological polar surface area (TPSA) is 43.7 Å². The molecule has 0 fully saturated rings. The number of rotatable bonds is 5. The molecule has 0 saturated carbocycles. The summed E-state index contributed by atoms with van der Waals surface area (Å²) in [5.41, 5.74) is 2.71. The minimum Gasteiger partial charge on any atom is -0.423 e. The van der Waals surface area contributed by atoms with Crippen LogP contribution in [-0.4, -0.2) is 29.1 Å². The molecule has 21 heavy (non-hydrogen) atoms. The molecule has 0 radical (unpaired) electrons. The largest absolute Gasteiger partial charge is 0.488 e. The van der Waals surface area contributed by atoms with Crippen LogP contribution in [0.2, 0.25) is 5.02 Å². The van der Waals surface area contributed by atoms with E-state index in [0.29, 0.717) is 5.46 Å². The van der Waals surface area contributed by atoms with E-state index in [0.717, 1.165) is 22.7 Å². The molecule has 3 nitrogen and oxygen atoms in total. The minimum absolute atomic E-state index is 0.196. The van der Waals surface area contributed by atoms with E-state index < -0.39 is 7.12 Å². The lowest BCUT2D eigenvalue weighted by Crippen LogP contribution is -2.29. The van der Waals surface area contributed by atoms with Gasteiger partial charge in [-0.3, -0.25) is 4.90 Å². The van der Waals surface area contributed by atoms with E-state index in [9.17, 15) is 0 Å². The van der Waals surface area contributed by atoms with Crippen molar-refractivity contribution in [3.8, 4) is 0 Å². The lowest BCUT2D eigenvalue weighted by Gasteiger charge is -2.26. The Morgan fingerprint density at radius 3 is 2.29 bits per heavy atom. The highest BCUT2D eigenvalue weighted by Gasteiger charge is 2.15. The standard InChI is InChI=1S/C16H19BClNO2/c1-12(15-5-3-4-6-16(15)18)19(2)11-13-7-9-14(10-8-13)17(20)21/h3-10,12,20-21H,11H2,1-2H3. The Morgan fingerprint density at radius 1 is 1.10 bits per heavy atom. The third-order valence-electron chi connectivity index (χ3n) is 3.73. The summed E-state index contributed by atoms with van der Waals surface area (Å²) in [6, 6.07) is 15.3. The molecule has 110 valence electrons. The first kappa shape index (κ1) is 16.1. The molecule has 0 heterocycles. The Kier molecular flexibility index (Phi) is 5.42.